The summed E-state index contributed by atoms with van der Waals surface area (Å²) in [5.41, 5.74) is 0.825. The van der Waals surface area contributed by atoms with Crippen molar-refractivity contribution in [3.63, 3.8) is 0 Å². The summed E-state index contributed by atoms with van der Waals surface area (Å²) >= 11 is 4.76. The number of benzene rings is 1. The van der Waals surface area contributed by atoms with Crippen molar-refractivity contribution in [3.05, 3.63) is 44.8 Å². The lowest BCUT2D eigenvalue weighted by Crippen LogP contribution is -2.06. The van der Waals surface area contributed by atoms with Crippen LogP contribution in [0.25, 0.3) is 0 Å². The molecule has 1 heterocycles. The Hall–Kier alpha value is -1.40. The van der Waals surface area contributed by atoms with E-state index in [9.17, 15) is 4.79 Å². The van der Waals surface area contributed by atoms with Crippen LogP contribution in [0.1, 0.15) is 15.4 Å². The molecule has 0 aliphatic rings. The molecule has 0 spiro atoms. The van der Waals surface area contributed by atoms with Crippen LogP contribution in [0.15, 0.2) is 34.2 Å². The average molecular weight is 313 g/mol. The van der Waals surface area contributed by atoms with Gasteiger partial charge < -0.3 is 10.4 Å². The van der Waals surface area contributed by atoms with E-state index >= 15 is 0 Å². The summed E-state index contributed by atoms with van der Waals surface area (Å²) < 4.78 is 0.564. The number of hydrogen-bond acceptors (Lipinski definition) is 4. The lowest BCUT2D eigenvalue weighted by molar-refractivity contribution is 0.0697. The number of halogens is 1. The number of aromatic carboxylic acids is 1. The Kier molecular flexibility index (Phi) is 3.75. The van der Waals surface area contributed by atoms with Gasteiger partial charge in [-0.1, -0.05) is 6.07 Å². The molecule has 6 heteroatoms. The van der Waals surface area contributed by atoms with Crippen molar-refractivity contribution >= 4 is 38.9 Å². The molecule has 0 aliphatic heterocycles. The van der Waals surface area contributed by atoms with Gasteiger partial charge in [0.05, 0.1) is 17.8 Å². The zero-order valence-electron chi connectivity index (χ0n) is 8.68. The maximum atomic E-state index is 11.1. The fourth-order valence-electron chi connectivity index (χ4n) is 1.40. The number of aromatic nitrogens is 1. The van der Waals surface area contributed by atoms with Crippen molar-refractivity contribution in [2.45, 2.75) is 6.54 Å². The van der Waals surface area contributed by atoms with Crippen LogP contribution < -0.4 is 5.32 Å². The van der Waals surface area contributed by atoms with Crippen LogP contribution in [0.4, 0.5) is 5.69 Å². The number of carbonyl (C=O) groups is 1. The highest BCUT2D eigenvalue weighted by molar-refractivity contribution is 9.10. The quantitative estimate of drug-likeness (QED) is 0.910. The van der Waals surface area contributed by atoms with E-state index in [0.29, 0.717) is 16.7 Å². The standard InChI is InChI=1S/C11H9BrN2O2S/c12-7-2-1-3-8(10(7)11(15)16)14-6-9-13-4-5-17-9/h1-5,14H,6H2,(H,15,16). The van der Waals surface area contributed by atoms with Gasteiger partial charge in [-0.15, -0.1) is 11.3 Å². The van der Waals surface area contributed by atoms with Gasteiger partial charge in [-0.25, -0.2) is 9.78 Å². The lowest BCUT2D eigenvalue weighted by atomic mass is 10.2. The Balaban J connectivity index is 2.21. The van der Waals surface area contributed by atoms with Gasteiger partial charge in [0.25, 0.3) is 0 Å². The van der Waals surface area contributed by atoms with Gasteiger partial charge in [-0.05, 0) is 28.1 Å². The molecular formula is C11H9BrN2O2S. The molecule has 4 nitrogen and oxygen atoms in total. The second kappa shape index (κ2) is 5.29. The van der Waals surface area contributed by atoms with Crippen LogP contribution in [0, 0.1) is 0 Å². The minimum absolute atomic E-state index is 0.240. The number of rotatable bonds is 4. The molecule has 0 fully saturated rings. The molecule has 2 N–H and O–H groups in total. The van der Waals surface area contributed by atoms with Gasteiger partial charge in [-0.3, -0.25) is 0 Å². The summed E-state index contributed by atoms with van der Waals surface area (Å²) in [5.74, 6) is -0.959. The molecule has 0 aliphatic carbocycles. The lowest BCUT2D eigenvalue weighted by Gasteiger charge is -2.09. The first kappa shape index (κ1) is 12.1. The minimum atomic E-state index is -0.959. The molecule has 0 amide bonds. The Morgan fingerprint density at radius 2 is 2.35 bits per heavy atom. The second-order valence-electron chi connectivity index (χ2n) is 3.25. The van der Waals surface area contributed by atoms with Crippen LogP contribution in [0.2, 0.25) is 0 Å². The van der Waals surface area contributed by atoms with Crippen molar-refractivity contribution in [2.75, 3.05) is 5.32 Å². The fraction of sp³-hybridized carbons (Fsp3) is 0.0909. The smallest absolute Gasteiger partial charge is 0.338 e. The molecule has 0 unspecified atom stereocenters. The minimum Gasteiger partial charge on any atom is -0.478 e. The largest absolute Gasteiger partial charge is 0.478 e. The number of thiazole rings is 1. The summed E-state index contributed by atoms with van der Waals surface area (Å²) in [7, 11) is 0. The first-order valence-electron chi connectivity index (χ1n) is 4.82. The van der Waals surface area contributed by atoms with Crippen molar-refractivity contribution in [2.24, 2.45) is 0 Å². The topological polar surface area (TPSA) is 62.2 Å². The Labute approximate surface area is 110 Å². The molecule has 2 aromatic rings. The van der Waals surface area contributed by atoms with E-state index in [4.69, 9.17) is 5.11 Å². The van der Waals surface area contributed by atoms with Crippen molar-refractivity contribution < 1.29 is 9.90 Å². The van der Waals surface area contributed by atoms with E-state index < -0.39 is 5.97 Å². The monoisotopic (exact) mass is 312 g/mol. The first-order valence-corrected chi connectivity index (χ1v) is 6.50. The van der Waals surface area contributed by atoms with Crippen LogP contribution in [-0.2, 0) is 6.54 Å². The van der Waals surface area contributed by atoms with Crippen LogP contribution >= 0.6 is 27.3 Å². The van der Waals surface area contributed by atoms with E-state index in [1.165, 1.54) is 11.3 Å². The Bertz CT molecular complexity index is 528. The number of carboxylic acid groups (broad SMARTS) is 1. The third kappa shape index (κ3) is 2.83. The summed E-state index contributed by atoms with van der Waals surface area (Å²) in [5, 5.41) is 15.0. The summed E-state index contributed by atoms with van der Waals surface area (Å²) in [4.78, 5) is 15.2. The normalized spacial score (nSPS) is 10.2. The molecule has 0 saturated heterocycles. The molecule has 0 atom stereocenters. The fourth-order valence-corrected chi connectivity index (χ4v) is 2.49. The number of anilines is 1. The molecule has 17 heavy (non-hydrogen) atoms. The molecule has 0 radical (unpaired) electrons. The van der Waals surface area contributed by atoms with E-state index in [0.717, 1.165) is 5.01 Å². The molecule has 88 valence electrons. The van der Waals surface area contributed by atoms with Gasteiger partial charge in [0, 0.05) is 16.0 Å². The molecule has 1 aromatic heterocycles. The van der Waals surface area contributed by atoms with Crippen LogP contribution in [0.3, 0.4) is 0 Å². The van der Waals surface area contributed by atoms with Crippen LogP contribution in [-0.4, -0.2) is 16.1 Å². The highest BCUT2D eigenvalue weighted by atomic mass is 79.9. The van der Waals surface area contributed by atoms with E-state index in [1.807, 2.05) is 5.38 Å². The predicted octanol–water partition coefficient (Wildman–Crippen LogP) is 3.22. The van der Waals surface area contributed by atoms with Crippen molar-refractivity contribution in [1.82, 2.24) is 4.98 Å². The summed E-state index contributed by atoms with van der Waals surface area (Å²) in [6, 6.07) is 5.24. The summed E-state index contributed by atoms with van der Waals surface area (Å²) in [6.45, 7) is 0.522. The van der Waals surface area contributed by atoms with E-state index in [1.54, 1.807) is 24.4 Å². The number of hydrogen-bond donors (Lipinski definition) is 2. The maximum absolute atomic E-state index is 11.1. The molecule has 2 rings (SSSR count). The number of nitrogens with one attached hydrogen (secondary N) is 1. The maximum Gasteiger partial charge on any atom is 0.338 e. The van der Waals surface area contributed by atoms with Gasteiger partial charge in [-0.2, -0.15) is 0 Å². The first-order chi connectivity index (χ1) is 8.18. The highest BCUT2D eigenvalue weighted by Gasteiger charge is 2.13. The number of nitrogens with zero attached hydrogens (tertiary/aromatic N) is 1. The number of carboxylic acids is 1. The third-order valence-corrected chi connectivity index (χ3v) is 3.58. The van der Waals surface area contributed by atoms with Gasteiger partial charge in [0.1, 0.15) is 5.01 Å². The Morgan fingerprint density at radius 3 is 3.00 bits per heavy atom. The van der Waals surface area contributed by atoms with Crippen LogP contribution in [0.5, 0.6) is 0 Å². The van der Waals surface area contributed by atoms with Gasteiger partial charge in [0.2, 0.25) is 0 Å². The third-order valence-electron chi connectivity index (χ3n) is 2.14. The zero-order chi connectivity index (χ0) is 12.3. The molecular weight excluding hydrogens is 304 g/mol. The average Bonchev–Trinajstić information content (AvgIpc) is 2.78. The van der Waals surface area contributed by atoms with Gasteiger partial charge >= 0.3 is 5.97 Å². The van der Waals surface area contributed by atoms with Crippen molar-refractivity contribution in [1.29, 1.82) is 0 Å². The zero-order valence-corrected chi connectivity index (χ0v) is 11.1. The van der Waals surface area contributed by atoms with E-state index in [-0.39, 0.29) is 5.56 Å². The van der Waals surface area contributed by atoms with E-state index in [2.05, 4.69) is 26.2 Å². The molecule has 0 saturated carbocycles. The highest BCUT2D eigenvalue weighted by Crippen LogP contribution is 2.25. The summed E-state index contributed by atoms with van der Waals surface area (Å²) in [6.07, 6.45) is 1.72. The van der Waals surface area contributed by atoms with Crippen molar-refractivity contribution in [3.8, 4) is 0 Å². The van der Waals surface area contributed by atoms with Gasteiger partial charge in [0.15, 0.2) is 0 Å². The predicted molar refractivity (Wildman–Crippen MR) is 70.5 cm³/mol. The molecule has 0 bridgehead atoms. The molecule has 1 aromatic carbocycles. The second-order valence-corrected chi connectivity index (χ2v) is 5.08. The Morgan fingerprint density at radius 1 is 1.53 bits per heavy atom. The SMILES string of the molecule is O=C(O)c1c(Br)cccc1NCc1nccs1.